The number of pyridine rings is 1. The van der Waals surface area contributed by atoms with E-state index in [4.69, 9.17) is 26.8 Å². The number of amides is 5. The molecule has 0 bridgehead atoms. The fourth-order valence-corrected chi connectivity index (χ4v) is 12.2. The van der Waals surface area contributed by atoms with Crippen LogP contribution in [0.4, 0.5) is 23.8 Å². The first kappa shape index (κ1) is 49.3. The fraction of sp³-hybridized carbons (Fsp3) is 0.472. The second-order valence-corrected chi connectivity index (χ2v) is 20.3. The number of hydrogen-bond acceptors (Lipinski definition) is 10. The molecule has 5 aromatic rings. The Hall–Kier alpha value is -6.24. The topological polar surface area (TPSA) is 177 Å². The number of rotatable bonds is 13. The zero-order valence-corrected chi connectivity index (χ0v) is 41.2. The third-order valence-corrected chi connectivity index (χ3v) is 16.3. The van der Waals surface area contributed by atoms with Crippen molar-refractivity contribution in [3.05, 3.63) is 99.7 Å². The summed E-state index contributed by atoms with van der Waals surface area (Å²) in [6, 6.07) is 17.1. The maximum Gasteiger partial charge on any atom is 0.329 e. The van der Waals surface area contributed by atoms with E-state index in [-0.39, 0.29) is 53.6 Å². The first-order valence-corrected chi connectivity index (χ1v) is 25.4. The van der Waals surface area contributed by atoms with E-state index in [0.29, 0.717) is 29.9 Å². The van der Waals surface area contributed by atoms with Crippen molar-refractivity contribution in [1.29, 1.82) is 0 Å². The Kier molecular flexibility index (Phi) is 13.9. The van der Waals surface area contributed by atoms with Crippen LogP contribution in [0.5, 0.6) is 11.6 Å². The summed E-state index contributed by atoms with van der Waals surface area (Å²) in [6.45, 7) is 4.49. The lowest BCUT2D eigenvalue weighted by atomic mass is 9.77. The lowest BCUT2D eigenvalue weighted by Gasteiger charge is -2.43. The number of primary amides is 1. The van der Waals surface area contributed by atoms with Gasteiger partial charge in [-0.05, 0) is 93.6 Å². The number of carbonyl (C=O) groups is 4. The van der Waals surface area contributed by atoms with E-state index in [2.05, 4.69) is 42.6 Å². The van der Waals surface area contributed by atoms with Crippen LogP contribution in [0.3, 0.4) is 0 Å². The number of carbonyl (C=O) groups excluding carboxylic acids is 4. The molecule has 5 amide bonds. The van der Waals surface area contributed by atoms with E-state index >= 15 is 8.78 Å². The van der Waals surface area contributed by atoms with Crippen molar-refractivity contribution in [2.24, 2.45) is 18.7 Å². The highest BCUT2D eigenvalue weighted by atomic mass is 35.5. The lowest BCUT2D eigenvalue weighted by molar-refractivity contribution is -0.138. The summed E-state index contributed by atoms with van der Waals surface area (Å²) >= 11 is 6.69. The van der Waals surface area contributed by atoms with Crippen LogP contribution >= 0.6 is 11.6 Å². The van der Waals surface area contributed by atoms with Gasteiger partial charge in [0.15, 0.2) is 17.2 Å². The van der Waals surface area contributed by atoms with Crippen LogP contribution in [-0.4, -0.2) is 113 Å². The van der Waals surface area contributed by atoms with Gasteiger partial charge in [-0.2, -0.15) is 5.10 Å². The predicted molar refractivity (Wildman–Crippen MR) is 265 cm³/mol. The Morgan fingerprint density at radius 2 is 1.69 bits per heavy atom. The number of likely N-dealkylation sites (tertiary alicyclic amines) is 2. The molecule has 0 radical (unpaired) electrons. The van der Waals surface area contributed by atoms with Gasteiger partial charge < -0.3 is 30.3 Å². The summed E-state index contributed by atoms with van der Waals surface area (Å²) < 4.78 is 59.1. The highest BCUT2D eigenvalue weighted by Crippen LogP contribution is 2.56. The number of aromatic nitrogens is 3. The first-order chi connectivity index (χ1) is 34.8. The van der Waals surface area contributed by atoms with Gasteiger partial charge in [-0.1, -0.05) is 54.9 Å². The molecule has 10 rings (SSSR count). The van der Waals surface area contributed by atoms with Crippen LogP contribution in [0, 0.1) is 17.6 Å². The van der Waals surface area contributed by atoms with Crippen molar-refractivity contribution in [1.82, 2.24) is 35.2 Å². The van der Waals surface area contributed by atoms with Crippen molar-refractivity contribution in [3.8, 4) is 22.8 Å². The van der Waals surface area contributed by atoms with E-state index in [0.717, 1.165) is 100 Å². The van der Waals surface area contributed by atoms with Gasteiger partial charge in [0, 0.05) is 97.9 Å². The van der Waals surface area contributed by atoms with Crippen LogP contribution in [0.1, 0.15) is 104 Å². The average Bonchev–Trinajstić information content (AvgIpc) is 3.87. The monoisotopic (exact) mass is 1010 g/mol. The number of anilines is 1. The molecule has 1 saturated carbocycles. The molecule has 6 heterocycles. The second kappa shape index (κ2) is 20.3. The molecule has 1 aliphatic carbocycles. The third kappa shape index (κ3) is 9.14. The maximum atomic E-state index is 16.4. The molecule has 72 heavy (non-hydrogen) atoms. The number of hydrogen-bond donors (Lipinski definition) is 3. The van der Waals surface area contributed by atoms with Gasteiger partial charge in [-0.15, -0.1) is 0 Å². The van der Waals surface area contributed by atoms with Crippen molar-refractivity contribution in [2.45, 2.75) is 94.2 Å². The maximum absolute atomic E-state index is 16.4. The van der Waals surface area contributed by atoms with Crippen LogP contribution in [0.2, 0.25) is 5.02 Å². The number of fused-ring (bicyclic) bond motifs is 2. The molecular weight excluding hydrogens is 951 g/mol. The lowest BCUT2D eigenvalue weighted by Crippen LogP contribution is -2.51. The third-order valence-electron chi connectivity index (χ3n) is 15.9. The molecule has 380 valence electrons. The number of imide groups is 1. The minimum atomic E-state index is -1.14. The number of ether oxygens (including phenoxy) is 2. The van der Waals surface area contributed by atoms with E-state index in [9.17, 15) is 23.6 Å². The van der Waals surface area contributed by atoms with Gasteiger partial charge in [0.1, 0.15) is 24.8 Å². The van der Waals surface area contributed by atoms with Gasteiger partial charge in [0.05, 0.1) is 16.1 Å². The van der Waals surface area contributed by atoms with Crippen molar-refractivity contribution >= 4 is 52.1 Å². The number of aryl methyl sites for hydroxylation is 1. The highest BCUT2D eigenvalue weighted by Gasteiger charge is 2.50. The number of piperidine rings is 2. The molecule has 2 atom stereocenters. The molecule has 4 fully saturated rings. The number of nitrogens with two attached hydrogens (primary N) is 1. The standard InChI is InChI=1S/C53H59ClF3N9O6/c1-30-43-41(27-39(56)46(54)45(43)44-38(48(58)68)28-59-50(47(44)57)71-25-19-55)72-53(30,34-6-4-3-5-7-34)29-60-35-11-8-32(9-12-35)51(69)65-22-16-36(17-23-65)64-20-14-31(15-21-64)33-10-13-37-40(26-33)63(2)62-49(37)66-24-18-42(67)61-52(66)70/h3-7,10,13,26-28,30-32,35-36,60H,8-9,11-12,14-25,29H2,1-2H3,(H2,58,68)(H,61,67,70)/t30-,32?,35?,53-/m0/s1. The SMILES string of the molecule is C[C@H]1c2c(cc(F)c(Cl)c2-c2c(C(N)=O)cnc(OCCF)c2F)O[C@]1(CNC1CCC(C(=O)N2CCC(N3CCC(c4ccc5c(N6CCC(=O)NC6=O)nn(C)c5c4)CC3)CC2)CC1)c1ccccc1. The summed E-state index contributed by atoms with van der Waals surface area (Å²) in [7, 11) is 1.88. The smallest absolute Gasteiger partial charge is 0.329 e. The van der Waals surface area contributed by atoms with Crippen LogP contribution < -0.4 is 30.7 Å². The molecule has 0 spiro atoms. The van der Waals surface area contributed by atoms with Crippen LogP contribution in [-0.2, 0) is 22.2 Å². The van der Waals surface area contributed by atoms with Crippen LogP contribution in [0.25, 0.3) is 22.0 Å². The number of halogens is 4. The molecule has 15 nitrogen and oxygen atoms in total. The zero-order valence-electron chi connectivity index (χ0n) is 40.4. The van der Waals surface area contributed by atoms with Gasteiger partial charge in [-0.3, -0.25) is 29.3 Å². The van der Waals surface area contributed by atoms with Crippen LogP contribution in [0.15, 0.2) is 60.8 Å². The molecule has 3 aromatic carbocycles. The Labute approximate surface area is 420 Å². The second-order valence-electron chi connectivity index (χ2n) is 19.9. The summed E-state index contributed by atoms with van der Waals surface area (Å²) in [5.74, 6) is -3.27. The summed E-state index contributed by atoms with van der Waals surface area (Å²) in [5, 5.41) is 11.2. The molecule has 5 aliphatic rings. The molecule has 3 saturated heterocycles. The minimum Gasteiger partial charge on any atom is -0.480 e. The molecule has 0 unspecified atom stereocenters. The number of benzene rings is 3. The minimum absolute atomic E-state index is 0.0521. The average molecular weight is 1010 g/mol. The van der Waals surface area contributed by atoms with E-state index < -0.39 is 64.8 Å². The van der Waals surface area contributed by atoms with E-state index in [1.165, 1.54) is 16.5 Å². The zero-order chi connectivity index (χ0) is 50.4. The first-order valence-electron chi connectivity index (χ1n) is 25.0. The summed E-state index contributed by atoms with van der Waals surface area (Å²) in [6.07, 6.45) is 8.19. The normalized spacial score (nSPS) is 23.3. The van der Waals surface area contributed by atoms with Crippen molar-refractivity contribution in [2.75, 3.05) is 57.4 Å². The van der Waals surface area contributed by atoms with Gasteiger partial charge in [0.25, 0.3) is 11.8 Å². The fourth-order valence-electron chi connectivity index (χ4n) is 12.0. The molecule has 4 N–H and O–H groups in total. The number of alkyl halides is 1. The van der Waals surface area contributed by atoms with Gasteiger partial charge in [0.2, 0.25) is 11.8 Å². The molecule has 4 aliphatic heterocycles. The van der Waals surface area contributed by atoms with Crippen molar-refractivity contribution in [3.63, 3.8) is 0 Å². The van der Waals surface area contributed by atoms with Gasteiger partial charge in [-0.25, -0.2) is 22.9 Å². The molecule has 2 aromatic heterocycles. The van der Waals surface area contributed by atoms with Crippen molar-refractivity contribution < 1.29 is 41.8 Å². The number of urea groups is 1. The number of nitrogens with one attached hydrogen (secondary N) is 2. The largest absolute Gasteiger partial charge is 0.480 e. The quantitative estimate of drug-likeness (QED) is 0.105. The predicted octanol–water partition coefficient (Wildman–Crippen LogP) is 7.87. The summed E-state index contributed by atoms with van der Waals surface area (Å²) in [5.41, 5.74) is 7.04. The molecule has 19 heteroatoms. The number of nitrogens with zero attached hydrogens (tertiary/aromatic N) is 6. The Bertz CT molecular complexity index is 2900. The Morgan fingerprint density at radius 1 is 0.958 bits per heavy atom. The van der Waals surface area contributed by atoms with E-state index in [1.54, 1.807) is 0 Å². The Morgan fingerprint density at radius 3 is 2.39 bits per heavy atom. The van der Waals surface area contributed by atoms with E-state index in [1.807, 2.05) is 55.1 Å². The summed E-state index contributed by atoms with van der Waals surface area (Å²) in [4.78, 5) is 61.1. The molecular formula is C53H59ClF3N9O6. The Balaban J connectivity index is 0.749. The van der Waals surface area contributed by atoms with Gasteiger partial charge >= 0.3 is 6.03 Å². The highest BCUT2D eigenvalue weighted by molar-refractivity contribution is 6.34.